The van der Waals surface area contributed by atoms with Crippen molar-refractivity contribution in [2.45, 2.75) is 18.6 Å². The van der Waals surface area contributed by atoms with E-state index in [0.717, 1.165) is 6.42 Å². The average Bonchev–Trinajstić information content (AvgIpc) is 2.66. The molecular weight excluding hydrogens is 234 g/mol. The van der Waals surface area contributed by atoms with Crippen LogP contribution in [0, 0.1) is 5.92 Å². The number of hydrogen-bond donors (Lipinski definition) is 1. The molecule has 0 aromatic heterocycles. The largest absolute Gasteiger partial charge is 0.480 e. The Kier molecular flexibility index (Phi) is 4.28. The summed E-state index contributed by atoms with van der Waals surface area (Å²) < 4.78 is 29.9. The van der Waals surface area contributed by atoms with Crippen LogP contribution >= 0.6 is 0 Å². The van der Waals surface area contributed by atoms with Gasteiger partial charge in [0.2, 0.25) is 10.0 Å². The van der Waals surface area contributed by atoms with E-state index in [9.17, 15) is 13.2 Å². The van der Waals surface area contributed by atoms with Crippen LogP contribution in [0.4, 0.5) is 0 Å². The van der Waals surface area contributed by atoms with Gasteiger partial charge in [-0.2, -0.15) is 0 Å². The van der Waals surface area contributed by atoms with Crippen molar-refractivity contribution in [1.82, 2.24) is 4.31 Å². The maximum absolute atomic E-state index is 11.8. The molecule has 0 aromatic carbocycles. The summed E-state index contributed by atoms with van der Waals surface area (Å²) in [6.07, 6.45) is 0.722. The van der Waals surface area contributed by atoms with Crippen molar-refractivity contribution in [2.24, 2.45) is 5.92 Å². The Balaban J connectivity index is 2.69. The number of hydrogen-bond acceptors (Lipinski definition) is 4. The van der Waals surface area contributed by atoms with E-state index in [1.165, 1.54) is 11.2 Å². The van der Waals surface area contributed by atoms with Crippen molar-refractivity contribution in [1.29, 1.82) is 0 Å². The van der Waals surface area contributed by atoms with Crippen molar-refractivity contribution < 1.29 is 23.1 Å². The van der Waals surface area contributed by atoms with Gasteiger partial charge in [-0.15, -0.1) is 0 Å². The predicted molar refractivity (Wildman–Crippen MR) is 57.6 cm³/mol. The molecule has 0 saturated carbocycles. The van der Waals surface area contributed by atoms with Gasteiger partial charge in [-0.05, 0) is 19.3 Å². The molecule has 0 radical (unpaired) electrons. The van der Waals surface area contributed by atoms with Gasteiger partial charge in [-0.3, -0.25) is 4.79 Å². The second-order valence-corrected chi connectivity index (χ2v) is 6.25. The van der Waals surface area contributed by atoms with Crippen LogP contribution in [0.5, 0.6) is 0 Å². The zero-order valence-corrected chi connectivity index (χ0v) is 10.2. The van der Waals surface area contributed by atoms with Crippen LogP contribution in [0.1, 0.15) is 13.3 Å². The van der Waals surface area contributed by atoms with E-state index in [-0.39, 0.29) is 5.92 Å². The van der Waals surface area contributed by atoms with Gasteiger partial charge in [-0.1, -0.05) is 0 Å². The molecule has 6 nitrogen and oxygen atoms in total. The Bertz CT molecular complexity index is 353. The topological polar surface area (TPSA) is 83.9 Å². The fourth-order valence-electron chi connectivity index (χ4n) is 1.75. The Morgan fingerprint density at radius 3 is 2.75 bits per heavy atom. The van der Waals surface area contributed by atoms with Crippen molar-refractivity contribution in [3.63, 3.8) is 0 Å². The second kappa shape index (κ2) is 5.11. The van der Waals surface area contributed by atoms with Crippen molar-refractivity contribution in [2.75, 3.05) is 26.8 Å². The zero-order chi connectivity index (χ0) is 12.3. The Hall–Kier alpha value is -0.660. The molecule has 1 N–H and O–H groups in total. The summed E-state index contributed by atoms with van der Waals surface area (Å²) in [5, 5.41) is 7.34. The molecule has 1 aliphatic heterocycles. The number of carboxylic acid groups (broad SMARTS) is 1. The zero-order valence-electron chi connectivity index (χ0n) is 9.42. The first-order valence-corrected chi connectivity index (χ1v) is 6.60. The highest BCUT2D eigenvalue weighted by atomic mass is 32.2. The van der Waals surface area contributed by atoms with Crippen LogP contribution in [0.25, 0.3) is 0 Å². The van der Waals surface area contributed by atoms with E-state index in [1.807, 2.05) is 0 Å². The summed E-state index contributed by atoms with van der Waals surface area (Å²) in [5.74, 6) is -1.14. The molecule has 1 heterocycles. The van der Waals surface area contributed by atoms with Gasteiger partial charge in [0.05, 0.1) is 6.61 Å². The average molecular weight is 251 g/mol. The minimum atomic E-state index is -3.71. The molecule has 0 bridgehead atoms. The second-order valence-electron chi connectivity index (χ2n) is 3.99. The summed E-state index contributed by atoms with van der Waals surface area (Å²) in [7, 11) is -2.14. The summed E-state index contributed by atoms with van der Waals surface area (Å²) >= 11 is 0. The van der Waals surface area contributed by atoms with E-state index in [4.69, 9.17) is 9.84 Å². The van der Waals surface area contributed by atoms with Crippen LogP contribution in [0.2, 0.25) is 0 Å². The fourth-order valence-corrected chi connectivity index (χ4v) is 3.23. The van der Waals surface area contributed by atoms with Gasteiger partial charge in [-0.25, -0.2) is 12.7 Å². The summed E-state index contributed by atoms with van der Waals surface area (Å²) in [4.78, 5) is 10.7. The standard InChI is InChI=1S/C9H17NO5S/c1-7(9(11)12)16(13,14)10-4-3-8(5-10)6-15-2/h7-8H,3-6H2,1-2H3,(H,11,12). The number of rotatable bonds is 5. The van der Waals surface area contributed by atoms with Crippen LogP contribution in [0.3, 0.4) is 0 Å². The minimum Gasteiger partial charge on any atom is -0.480 e. The minimum absolute atomic E-state index is 0.167. The molecule has 0 aliphatic carbocycles. The third-order valence-corrected chi connectivity index (χ3v) is 4.95. The normalized spacial score (nSPS) is 24.5. The lowest BCUT2D eigenvalue weighted by Gasteiger charge is -2.19. The molecule has 94 valence electrons. The molecule has 1 rings (SSSR count). The molecule has 1 aliphatic rings. The molecule has 0 aromatic rings. The molecular formula is C9H17NO5S. The van der Waals surface area contributed by atoms with Crippen LogP contribution < -0.4 is 0 Å². The van der Waals surface area contributed by atoms with E-state index in [0.29, 0.717) is 19.7 Å². The first-order valence-electron chi connectivity index (χ1n) is 5.10. The molecule has 0 spiro atoms. The molecule has 1 saturated heterocycles. The maximum Gasteiger partial charge on any atom is 0.323 e. The maximum atomic E-state index is 11.8. The summed E-state index contributed by atoms with van der Waals surface area (Å²) in [6, 6.07) is 0. The third kappa shape index (κ3) is 2.72. The number of carboxylic acids is 1. The van der Waals surface area contributed by atoms with Crippen LogP contribution in [-0.4, -0.2) is 55.9 Å². The predicted octanol–water partition coefficient (Wildman–Crippen LogP) is -0.242. The lowest BCUT2D eigenvalue weighted by Crippen LogP contribution is -2.40. The van der Waals surface area contributed by atoms with Gasteiger partial charge in [0.15, 0.2) is 5.25 Å². The molecule has 2 unspecified atom stereocenters. The van der Waals surface area contributed by atoms with E-state index in [2.05, 4.69) is 0 Å². The Morgan fingerprint density at radius 2 is 2.25 bits per heavy atom. The van der Waals surface area contributed by atoms with Crippen molar-refractivity contribution in [3.8, 4) is 0 Å². The molecule has 16 heavy (non-hydrogen) atoms. The van der Waals surface area contributed by atoms with Crippen molar-refractivity contribution in [3.05, 3.63) is 0 Å². The third-order valence-electron chi connectivity index (χ3n) is 2.81. The van der Waals surface area contributed by atoms with Crippen LogP contribution in [-0.2, 0) is 19.6 Å². The molecule has 0 amide bonds. The number of nitrogens with zero attached hydrogens (tertiary/aromatic N) is 1. The fraction of sp³-hybridized carbons (Fsp3) is 0.889. The lowest BCUT2D eigenvalue weighted by atomic mass is 10.1. The molecule has 1 fully saturated rings. The van der Waals surface area contributed by atoms with E-state index >= 15 is 0 Å². The monoisotopic (exact) mass is 251 g/mol. The number of methoxy groups -OCH3 is 1. The van der Waals surface area contributed by atoms with E-state index in [1.54, 1.807) is 7.11 Å². The van der Waals surface area contributed by atoms with Gasteiger partial charge in [0, 0.05) is 20.2 Å². The van der Waals surface area contributed by atoms with E-state index < -0.39 is 21.2 Å². The number of aliphatic carboxylic acids is 1. The molecule has 7 heteroatoms. The van der Waals surface area contributed by atoms with Gasteiger partial charge in [0.1, 0.15) is 0 Å². The quantitative estimate of drug-likeness (QED) is 0.729. The smallest absolute Gasteiger partial charge is 0.323 e. The molecule has 2 atom stereocenters. The van der Waals surface area contributed by atoms with Crippen LogP contribution in [0.15, 0.2) is 0 Å². The highest BCUT2D eigenvalue weighted by Crippen LogP contribution is 2.22. The Labute approximate surface area is 95.2 Å². The SMILES string of the molecule is COCC1CCN(S(=O)(=O)C(C)C(=O)O)C1. The number of carbonyl (C=O) groups is 1. The lowest BCUT2D eigenvalue weighted by molar-refractivity contribution is -0.136. The van der Waals surface area contributed by atoms with Gasteiger partial charge >= 0.3 is 5.97 Å². The number of ether oxygens (including phenoxy) is 1. The first-order chi connectivity index (χ1) is 7.39. The van der Waals surface area contributed by atoms with Gasteiger partial charge in [0.25, 0.3) is 0 Å². The first kappa shape index (κ1) is 13.4. The highest BCUT2D eigenvalue weighted by Gasteiger charge is 2.37. The number of sulfonamides is 1. The van der Waals surface area contributed by atoms with Gasteiger partial charge < -0.3 is 9.84 Å². The summed E-state index contributed by atoms with van der Waals surface area (Å²) in [5.41, 5.74) is 0. The van der Waals surface area contributed by atoms with Crippen molar-refractivity contribution >= 4 is 16.0 Å². The Morgan fingerprint density at radius 1 is 1.62 bits per heavy atom. The summed E-state index contributed by atoms with van der Waals surface area (Å²) in [6.45, 7) is 2.44. The highest BCUT2D eigenvalue weighted by molar-refractivity contribution is 7.90.